The summed E-state index contributed by atoms with van der Waals surface area (Å²) in [6.45, 7) is 3.17. The lowest BCUT2D eigenvalue weighted by Crippen LogP contribution is -2.43. The van der Waals surface area contributed by atoms with E-state index in [1.54, 1.807) is 36.4 Å². The SMILES string of the molecule is COc1cc(-c2cc(O)cc(N3CCNCC3)c2)cc2onc(CON(OC)S(=O)(=O)c3ccccc3)c12. The van der Waals surface area contributed by atoms with Gasteiger partial charge in [0.1, 0.15) is 23.8 Å². The molecule has 0 aliphatic carbocycles. The van der Waals surface area contributed by atoms with Gasteiger partial charge >= 0.3 is 0 Å². The van der Waals surface area contributed by atoms with Gasteiger partial charge in [-0.1, -0.05) is 23.4 Å². The van der Waals surface area contributed by atoms with Gasteiger partial charge in [0.05, 0.1) is 29.1 Å². The average molecular weight is 541 g/mol. The van der Waals surface area contributed by atoms with Crippen LogP contribution in [0.25, 0.3) is 22.1 Å². The Labute approximate surface area is 220 Å². The van der Waals surface area contributed by atoms with E-state index in [2.05, 4.69) is 15.4 Å². The number of anilines is 1. The lowest BCUT2D eigenvalue weighted by Gasteiger charge is -2.30. The summed E-state index contributed by atoms with van der Waals surface area (Å²) in [4.78, 5) is 12.7. The topological polar surface area (TPSA) is 127 Å². The highest BCUT2D eigenvalue weighted by Crippen LogP contribution is 2.37. The van der Waals surface area contributed by atoms with Crippen LogP contribution in [0.3, 0.4) is 0 Å². The summed E-state index contributed by atoms with van der Waals surface area (Å²) in [6.07, 6.45) is 0. The molecule has 0 radical (unpaired) electrons. The van der Waals surface area contributed by atoms with Crippen molar-refractivity contribution in [1.82, 2.24) is 15.1 Å². The van der Waals surface area contributed by atoms with Crippen LogP contribution in [0, 0.1) is 0 Å². The van der Waals surface area contributed by atoms with Crippen LogP contribution >= 0.6 is 0 Å². The molecule has 200 valence electrons. The van der Waals surface area contributed by atoms with E-state index in [0.29, 0.717) is 27.0 Å². The van der Waals surface area contributed by atoms with E-state index >= 15 is 0 Å². The van der Waals surface area contributed by atoms with E-state index in [1.807, 2.05) is 12.1 Å². The van der Waals surface area contributed by atoms with Crippen LogP contribution in [-0.2, 0) is 26.3 Å². The summed E-state index contributed by atoms with van der Waals surface area (Å²) >= 11 is 0. The molecule has 0 atom stereocenters. The number of phenolic OH excluding ortho intramolecular Hbond substituents is 1. The molecule has 0 saturated carbocycles. The van der Waals surface area contributed by atoms with Crippen LogP contribution in [0.4, 0.5) is 5.69 Å². The van der Waals surface area contributed by atoms with Gasteiger partial charge in [-0.3, -0.25) is 9.68 Å². The maximum Gasteiger partial charge on any atom is 0.288 e. The molecule has 12 heteroatoms. The number of phenols is 1. The minimum atomic E-state index is -4.07. The molecule has 38 heavy (non-hydrogen) atoms. The van der Waals surface area contributed by atoms with Gasteiger partial charge in [-0.2, -0.15) is 0 Å². The Kier molecular flexibility index (Phi) is 7.49. The second kappa shape index (κ2) is 11.0. The largest absolute Gasteiger partial charge is 0.508 e. The molecule has 1 aliphatic rings. The normalized spacial score (nSPS) is 14.3. The summed E-state index contributed by atoms with van der Waals surface area (Å²) in [5.41, 5.74) is 3.21. The van der Waals surface area contributed by atoms with Crippen molar-refractivity contribution in [3.63, 3.8) is 0 Å². The highest BCUT2D eigenvalue weighted by atomic mass is 32.2. The Hall–Kier alpha value is -3.68. The number of methoxy groups -OCH3 is 1. The van der Waals surface area contributed by atoms with Crippen molar-refractivity contribution in [2.24, 2.45) is 0 Å². The Balaban J connectivity index is 1.43. The maximum atomic E-state index is 12.9. The smallest absolute Gasteiger partial charge is 0.288 e. The molecule has 1 aliphatic heterocycles. The van der Waals surface area contributed by atoms with Gasteiger partial charge in [-0.25, -0.2) is 8.42 Å². The van der Waals surface area contributed by atoms with E-state index in [0.717, 1.165) is 43.0 Å². The van der Waals surface area contributed by atoms with Crippen molar-refractivity contribution in [3.05, 3.63) is 66.4 Å². The fourth-order valence-corrected chi connectivity index (χ4v) is 5.46. The van der Waals surface area contributed by atoms with Crippen molar-refractivity contribution in [2.75, 3.05) is 45.3 Å². The Bertz CT molecular complexity index is 1520. The van der Waals surface area contributed by atoms with E-state index in [4.69, 9.17) is 18.9 Å². The molecule has 0 bridgehead atoms. The third kappa shape index (κ3) is 5.17. The number of fused-ring (bicyclic) bond motifs is 1. The first-order valence-corrected chi connectivity index (χ1v) is 13.4. The fraction of sp³-hybridized carbons (Fsp3) is 0.269. The van der Waals surface area contributed by atoms with Gasteiger partial charge in [-0.15, -0.1) is 0 Å². The number of ether oxygens (including phenoxy) is 1. The van der Waals surface area contributed by atoms with Gasteiger partial charge in [0.25, 0.3) is 10.0 Å². The van der Waals surface area contributed by atoms with Crippen LogP contribution in [0.15, 0.2) is 70.1 Å². The lowest BCUT2D eigenvalue weighted by atomic mass is 10.0. The van der Waals surface area contributed by atoms with E-state index in [1.165, 1.54) is 26.4 Å². The summed E-state index contributed by atoms with van der Waals surface area (Å²) in [5, 5.41) is 18.4. The van der Waals surface area contributed by atoms with Gasteiger partial charge in [-0.05, 0) is 47.5 Å². The van der Waals surface area contributed by atoms with E-state index in [9.17, 15) is 13.5 Å². The highest BCUT2D eigenvalue weighted by molar-refractivity contribution is 7.88. The number of sulfonamides is 1. The number of nitrogens with one attached hydrogen (secondary N) is 1. The number of rotatable bonds is 9. The van der Waals surface area contributed by atoms with E-state index in [-0.39, 0.29) is 17.3 Å². The summed E-state index contributed by atoms with van der Waals surface area (Å²) < 4.78 is 37.4. The number of benzene rings is 3. The molecular weight excluding hydrogens is 512 g/mol. The first-order valence-electron chi connectivity index (χ1n) is 11.9. The first-order chi connectivity index (χ1) is 18.4. The predicted molar refractivity (Wildman–Crippen MR) is 140 cm³/mol. The standard InChI is InChI=1S/C26H28N4O7S/c1-34-24-14-19(18-12-20(16-21(31)13-18)29-10-8-27-9-11-29)15-25-26(24)23(28-37-25)17-36-30(35-2)38(32,33)22-6-4-3-5-7-22/h3-7,12-16,27,31H,8-11,17H2,1-2H3. The summed E-state index contributed by atoms with van der Waals surface area (Å²) in [7, 11) is -1.35. The molecule has 2 heterocycles. The zero-order valence-electron chi connectivity index (χ0n) is 21.0. The van der Waals surface area contributed by atoms with Crippen LogP contribution in [-0.4, -0.2) is 63.7 Å². The molecule has 3 aromatic carbocycles. The second-order valence-corrected chi connectivity index (χ2v) is 10.3. The quantitative estimate of drug-likeness (QED) is 0.305. The Morgan fingerprint density at radius 2 is 1.79 bits per heavy atom. The third-order valence-corrected chi connectivity index (χ3v) is 7.75. The van der Waals surface area contributed by atoms with Crippen LogP contribution in [0.5, 0.6) is 11.5 Å². The summed E-state index contributed by atoms with van der Waals surface area (Å²) in [5.74, 6) is 0.611. The number of aromatic nitrogens is 1. The van der Waals surface area contributed by atoms with Gasteiger partial charge in [0, 0.05) is 37.9 Å². The molecule has 1 saturated heterocycles. The zero-order chi connectivity index (χ0) is 26.7. The molecule has 4 aromatic rings. The molecular formula is C26H28N4O7S. The monoisotopic (exact) mass is 540 g/mol. The number of aromatic hydroxyl groups is 1. The maximum absolute atomic E-state index is 12.9. The Morgan fingerprint density at radius 1 is 1.05 bits per heavy atom. The molecule has 5 rings (SSSR count). The van der Waals surface area contributed by atoms with Crippen molar-refractivity contribution in [1.29, 1.82) is 0 Å². The van der Waals surface area contributed by atoms with Crippen LogP contribution < -0.4 is 15.0 Å². The predicted octanol–water partition coefficient (Wildman–Crippen LogP) is 3.30. The van der Waals surface area contributed by atoms with Crippen LogP contribution in [0.1, 0.15) is 5.69 Å². The van der Waals surface area contributed by atoms with Gasteiger partial charge < -0.3 is 24.6 Å². The molecule has 2 N–H and O–H groups in total. The van der Waals surface area contributed by atoms with Gasteiger partial charge in [0.2, 0.25) is 0 Å². The third-order valence-electron chi connectivity index (χ3n) is 6.24. The number of piperazine rings is 1. The van der Waals surface area contributed by atoms with Crippen LogP contribution in [0.2, 0.25) is 0 Å². The van der Waals surface area contributed by atoms with Gasteiger partial charge in [0.15, 0.2) is 5.58 Å². The lowest BCUT2D eigenvalue weighted by molar-refractivity contribution is -0.294. The van der Waals surface area contributed by atoms with E-state index < -0.39 is 10.0 Å². The fourth-order valence-electron chi connectivity index (χ4n) is 4.40. The molecule has 1 aromatic heterocycles. The zero-order valence-corrected chi connectivity index (χ0v) is 21.8. The second-order valence-electron chi connectivity index (χ2n) is 8.62. The molecule has 0 unspecified atom stereocenters. The molecule has 0 amide bonds. The first kappa shape index (κ1) is 25.9. The highest BCUT2D eigenvalue weighted by Gasteiger charge is 2.27. The number of hydrogen-bond acceptors (Lipinski definition) is 10. The van der Waals surface area contributed by atoms with Crippen molar-refractivity contribution in [3.8, 4) is 22.6 Å². The Morgan fingerprint density at radius 3 is 2.50 bits per heavy atom. The minimum Gasteiger partial charge on any atom is -0.508 e. The van der Waals surface area contributed by atoms with Crippen molar-refractivity contribution < 1.29 is 32.5 Å². The molecule has 1 fully saturated rings. The number of hydrogen-bond donors (Lipinski definition) is 2. The van der Waals surface area contributed by atoms with Crippen molar-refractivity contribution in [2.45, 2.75) is 11.5 Å². The van der Waals surface area contributed by atoms with Crippen molar-refractivity contribution >= 4 is 26.7 Å². The minimum absolute atomic E-state index is 0.0142. The number of nitrogens with zero attached hydrogens (tertiary/aromatic N) is 3. The molecule has 11 nitrogen and oxygen atoms in total. The average Bonchev–Trinajstić information content (AvgIpc) is 3.36. The molecule has 0 spiro atoms. The summed E-state index contributed by atoms with van der Waals surface area (Å²) in [6, 6.07) is 16.8.